The van der Waals surface area contributed by atoms with Crippen LogP contribution in [0.15, 0.2) is 42.5 Å². The van der Waals surface area contributed by atoms with Crippen LogP contribution in [-0.4, -0.2) is 52.3 Å². The van der Waals surface area contributed by atoms with E-state index in [9.17, 15) is 4.79 Å². The van der Waals surface area contributed by atoms with Crippen LogP contribution in [0.3, 0.4) is 0 Å². The third kappa shape index (κ3) is 5.39. The second kappa shape index (κ2) is 9.43. The number of ether oxygens (including phenoxy) is 1. The van der Waals surface area contributed by atoms with Gasteiger partial charge in [-0.25, -0.2) is 9.78 Å². The molecule has 0 saturated carbocycles. The number of hydrogen-bond donors (Lipinski definition) is 0. The van der Waals surface area contributed by atoms with Crippen molar-refractivity contribution < 1.29 is 9.53 Å². The van der Waals surface area contributed by atoms with E-state index >= 15 is 0 Å². The number of halogens is 2. The number of carbonyl (C=O) groups is 1. The molecule has 1 amide bonds. The number of imidazole rings is 1. The van der Waals surface area contributed by atoms with Crippen LogP contribution in [-0.2, 0) is 11.3 Å². The van der Waals surface area contributed by atoms with E-state index in [4.69, 9.17) is 32.9 Å². The first-order valence-electron chi connectivity index (χ1n) is 11.2. The number of amides is 1. The van der Waals surface area contributed by atoms with Crippen LogP contribution >= 0.6 is 23.2 Å². The summed E-state index contributed by atoms with van der Waals surface area (Å²) in [5.41, 5.74) is 2.36. The summed E-state index contributed by atoms with van der Waals surface area (Å²) in [5.74, 6) is 0.836. The molecular formula is C25H30Cl2N4O2. The van der Waals surface area contributed by atoms with Crippen LogP contribution < -0.4 is 4.90 Å². The third-order valence-corrected chi connectivity index (χ3v) is 6.49. The SMILES string of the molecule is CN(c1nc2ccccc2n1Cc1cc(Cl)ccc1Cl)[C@H]1CCCN(C(=O)OC(C)(C)C)C1. The maximum atomic E-state index is 12.7. The Labute approximate surface area is 205 Å². The molecule has 6 nitrogen and oxygen atoms in total. The van der Waals surface area contributed by atoms with Crippen LogP contribution in [0.1, 0.15) is 39.2 Å². The summed E-state index contributed by atoms with van der Waals surface area (Å²) in [5, 5.41) is 1.31. The zero-order valence-electron chi connectivity index (χ0n) is 19.5. The maximum absolute atomic E-state index is 12.7. The lowest BCUT2D eigenvalue weighted by Crippen LogP contribution is -2.50. The first kappa shape index (κ1) is 23.7. The number of likely N-dealkylation sites (tertiary alicyclic amines) is 1. The van der Waals surface area contributed by atoms with E-state index in [0.29, 0.717) is 29.7 Å². The standard InChI is InChI=1S/C25H30Cl2N4O2/c1-25(2,3)33-24(32)30-13-7-8-19(16-30)29(4)23-28-21-9-5-6-10-22(21)31(23)15-17-14-18(26)11-12-20(17)27/h5-6,9-12,14,19H,7-8,13,15-16H2,1-4H3/t19-/m0/s1. The van der Waals surface area contributed by atoms with Gasteiger partial charge in [0, 0.05) is 36.2 Å². The Kier molecular flexibility index (Phi) is 6.78. The van der Waals surface area contributed by atoms with E-state index in [1.165, 1.54) is 0 Å². The van der Waals surface area contributed by atoms with Gasteiger partial charge in [0.25, 0.3) is 0 Å². The molecule has 33 heavy (non-hydrogen) atoms. The number of anilines is 1. The van der Waals surface area contributed by atoms with E-state index < -0.39 is 5.60 Å². The molecule has 3 aromatic rings. The van der Waals surface area contributed by atoms with Gasteiger partial charge in [-0.1, -0.05) is 35.3 Å². The summed E-state index contributed by atoms with van der Waals surface area (Å²) < 4.78 is 7.77. The highest BCUT2D eigenvalue weighted by atomic mass is 35.5. The number of likely N-dealkylation sites (N-methyl/N-ethyl adjacent to an activating group) is 1. The van der Waals surface area contributed by atoms with Crippen molar-refractivity contribution in [2.45, 2.75) is 51.8 Å². The Balaban J connectivity index is 1.64. The molecule has 176 valence electrons. The number of carbonyl (C=O) groups excluding carboxylic acids is 1. The number of hydrogen-bond acceptors (Lipinski definition) is 4. The van der Waals surface area contributed by atoms with Gasteiger partial charge in [0.15, 0.2) is 0 Å². The highest BCUT2D eigenvalue weighted by Crippen LogP contribution is 2.29. The van der Waals surface area contributed by atoms with Gasteiger partial charge >= 0.3 is 6.09 Å². The maximum Gasteiger partial charge on any atom is 0.410 e. The monoisotopic (exact) mass is 488 g/mol. The molecule has 1 aliphatic heterocycles. The van der Waals surface area contributed by atoms with Gasteiger partial charge in [-0.3, -0.25) is 0 Å². The second-order valence-corrected chi connectivity index (χ2v) is 10.4. The molecule has 0 aliphatic carbocycles. The number of aromatic nitrogens is 2. The fourth-order valence-electron chi connectivity index (χ4n) is 4.25. The Morgan fingerprint density at radius 3 is 2.73 bits per heavy atom. The van der Waals surface area contributed by atoms with Crippen molar-refractivity contribution in [1.29, 1.82) is 0 Å². The van der Waals surface area contributed by atoms with Gasteiger partial charge in [0.1, 0.15) is 5.60 Å². The molecule has 1 atom stereocenters. The number of rotatable bonds is 4. The number of para-hydroxylation sites is 2. The van der Waals surface area contributed by atoms with Gasteiger partial charge in [-0.15, -0.1) is 0 Å². The van der Waals surface area contributed by atoms with Crippen LogP contribution in [0, 0.1) is 0 Å². The lowest BCUT2D eigenvalue weighted by Gasteiger charge is -2.38. The lowest BCUT2D eigenvalue weighted by atomic mass is 10.1. The van der Waals surface area contributed by atoms with Gasteiger partial charge < -0.3 is 19.1 Å². The Bertz CT molecular complexity index is 1160. The van der Waals surface area contributed by atoms with Gasteiger partial charge in [-0.05, 0) is 69.5 Å². The highest BCUT2D eigenvalue weighted by Gasteiger charge is 2.31. The minimum Gasteiger partial charge on any atom is -0.444 e. The summed E-state index contributed by atoms with van der Waals surface area (Å²) in [6.07, 6.45) is 1.62. The molecule has 1 aromatic heterocycles. The Morgan fingerprint density at radius 1 is 1.21 bits per heavy atom. The topological polar surface area (TPSA) is 50.6 Å². The minimum atomic E-state index is -0.514. The smallest absolute Gasteiger partial charge is 0.410 e. The van der Waals surface area contributed by atoms with Crippen molar-refractivity contribution in [1.82, 2.24) is 14.5 Å². The van der Waals surface area contributed by atoms with Gasteiger partial charge in [0.05, 0.1) is 17.6 Å². The summed E-state index contributed by atoms with van der Waals surface area (Å²) in [6, 6.07) is 13.7. The van der Waals surface area contributed by atoms with Gasteiger partial charge in [-0.2, -0.15) is 0 Å². The molecule has 1 fully saturated rings. The molecule has 0 radical (unpaired) electrons. The lowest BCUT2D eigenvalue weighted by molar-refractivity contribution is 0.0199. The van der Waals surface area contributed by atoms with E-state index in [2.05, 4.69) is 15.5 Å². The number of nitrogens with zero attached hydrogens (tertiary/aromatic N) is 4. The molecule has 2 aromatic carbocycles. The first-order valence-corrected chi connectivity index (χ1v) is 12.0. The predicted octanol–water partition coefficient (Wildman–Crippen LogP) is 6.23. The third-order valence-electron chi connectivity index (χ3n) is 5.88. The molecular weight excluding hydrogens is 459 g/mol. The molecule has 8 heteroatoms. The molecule has 1 aliphatic rings. The summed E-state index contributed by atoms with van der Waals surface area (Å²) in [7, 11) is 2.04. The van der Waals surface area contributed by atoms with Crippen molar-refractivity contribution in [2.24, 2.45) is 0 Å². The molecule has 0 unspecified atom stereocenters. The second-order valence-electron chi connectivity index (χ2n) is 9.56. The molecule has 2 heterocycles. The van der Waals surface area contributed by atoms with Crippen molar-refractivity contribution in [2.75, 3.05) is 25.0 Å². The van der Waals surface area contributed by atoms with Crippen molar-refractivity contribution in [3.63, 3.8) is 0 Å². The van der Waals surface area contributed by atoms with E-state index in [1.807, 2.05) is 58.2 Å². The molecule has 0 bridgehead atoms. The summed E-state index contributed by atoms with van der Waals surface area (Å²) >= 11 is 12.7. The van der Waals surface area contributed by atoms with E-state index in [1.54, 1.807) is 11.0 Å². The average molecular weight is 489 g/mol. The van der Waals surface area contributed by atoms with Crippen LogP contribution in [0.5, 0.6) is 0 Å². The molecule has 4 rings (SSSR count). The normalized spacial score (nSPS) is 16.8. The molecule has 1 saturated heterocycles. The average Bonchev–Trinajstić information content (AvgIpc) is 3.13. The quantitative estimate of drug-likeness (QED) is 0.436. The van der Waals surface area contributed by atoms with Crippen molar-refractivity contribution in [3.8, 4) is 0 Å². The van der Waals surface area contributed by atoms with E-state index in [-0.39, 0.29) is 12.1 Å². The number of benzene rings is 2. The first-order chi connectivity index (χ1) is 15.6. The molecule has 0 spiro atoms. The zero-order valence-corrected chi connectivity index (χ0v) is 21.0. The van der Waals surface area contributed by atoms with Crippen molar-refractivity contribution in [3.05, 3.63) is 58.1 Å². The fourth-order valence-corrected chi connectivity index (χ4v) is 4.62. The van der Waals surface area contributed by atoms with Crippen LogP contribution in [0.25, 0.3) is 11.0 Å². The van der Waals surface area contributed by atoms with Crippen molar-refractivity contribution >= 4 is 46.3 Å². The minimum absolute atomic E-state index is 0.122. The Hall–Kier alpha value is -2.44. The number of fused-ring (bicyclic) bond motifs is 1. The van der Waals surface area contributed by atoms with Gasteiger partial charge in [0.2, 0.25) is 5.95 Å². The predicted molar refractivity (Wildman–Crippen MR) is 135 cm³/mol. The van der Waals surface area contributed by atoms with E-state index in [0.717, 1.165) is 35.4 Å². The molecule has 0 N–H and O–H groups in total. The highest BCUT2D eigenvalue weighted by molar-refractivity contribution is 6.33. The number of piperidine rings is 1. The summed E-state index contributed by atoms with van der Waals surface area (Å²) in [4.78, 5) is 21.6. The largest absolute Gasteiger partial charge is 0.444 e. The fraction of sp³-hybridized carbons (Fsp3) is 0.440. The van der Waals surface area contributed by atoms with Crippen LogP contribution in [0.4, 0.5) is 10.7 Å². The summed E-state index contributed by atoms with van der Waals surface area (Å²) in [6.45, 7) is 7.51. The zero-order chi connectivity index (χ0) is 23.8. The Morgan fingerprint density at radius 2 is 1.97 bits per heavy atom. The van der Waals surface area contributed by atoms with Crippen LogP contribution in [0.2, 0.25) is 10.0 Å².